The lowest BCUT2D eigenvalue weighted by Crippen LogP contribution is -2.26. The van der Waals surface area contributed by atoms with Gasteiger partial charge in [0.25, 0.3) is 0 Å². The maximum Gasteiger partial charge on any atom is 0.414 e. The van der Waals surface area contributed by atoms with Crippen molar-refractivity contribution in [3.8, 4) is 11.4 Å². The molecule has 0 aliphatic carbocycles. The minimum absolute atomic E-state index is 0.0934. The molecule has 1 amide bonds. The predicted molar refractivity (Wildman–Crippen MR) is 96.0 cm³/mol. The summed E-state index contributed by atoms with van der Waals surface area (Å²) in [6.45, 7) is 0.264. The lowest BCUT2D eigenvalue weighted by Gasteiger charge is -2.12. The molecule has 0 saturated carbocycles. The third kappa shape index (κ3) is 3.26. The van der Waals surface area contributed by atoms with Gasteiger partial charge in [0.05, 0.1) is 12.2 Å². The molecular formula is C18H13F2N7O2. The first-order valence-electron chi connectivity index (χ1n) is 8.70. The highest BCUT2D eigenvalue weighted by Crippen LogP contribution is 2.24. The summed E-state index contributed by atoms with van der Waals surface area (Å²) in [6, 6.07) is 6.56. The lowest BCUT2D eigenvalue weighted by molar-refractivity contribution is 0.126. The molecule has 146 valence electrons. The number of carbonyl (C=O) groups excluding carboxylic acids is 1. The van der Waals surface area contributed by atoms with E-state index in [1.54, 1.807) is 6.20 Å². The maximum atomic E-state index is 13.4. The van der Waals surface area contributed by atoms with E-state index in [0.29, 0.717) is 5.82 Å². The van der Waals surface area contributed by atoms with Gasteiger partial charge in [-0.05, 0) is 29.5 Å². The van der Waals surface area contributed by atoms with Gasteiger partial charge in [-0.1, -0.05) is 0 Å². The van der Waals surface area contributed by atoms with E-state index in [2.05, 4.69) is 20.4 Å². The molecule has 11 heteroatoms. The molecule has 0 spiro atoms. The SMILES string of the molecule is O=C1OC(Cn2nnc(-c3ccc4nccn4c3)n2)CN1c1cc(F)cc(F)c1. The molecule has 0 N–H and O–H groups in total. The topological polar surface area (TPSA) is 90.4 Å². The van der Waals surface area contributed by atoms with Gasteiger partial charge in [0.15, 0.2) is 0 Å². The number of anilines is 1. The number of hydrogen-bond donors (Lipinski definition) is 0. The number of aromatic nitrogens is 6. The molecule has 1 fully saturated rings. The zero-order valence-corrected chi connectivity index (χ0v) is 14.8. The van der Waals surface area contributed by atoms with Crippen molar-refractivity contribution in [2.75, 3.05) is 11.4 Å². The second-order valence-corrected chi connectivity index (χ2v) is 6.52. The van der Waals surface area contributed by atoms with Crippen LogP contribution in [0.2, 0.25) is 0 Å². The van der Waals surface area contributed by atoms with E-state index in [1.165, 1.54) is 9.70 Å². The molecule has 3 aromatic heterocycles. The Morgan fingerprint density at radius 3 is 2.83 bits per heavy atom. The molecule has 29 heavy (non-hydrogen) atoms. The summed E-state index contributed by atoms with van der Waals surface area (Å²) in [6.07, 6.45) is 4.05. The van der Waals surface area contributed by atoms with E-state index in [0.717, 1.165) is 29.4 Å². The van der Waals surface area contributed by atoms with Crippen LogP contribution in [-0.2, 0) is 11.3 Å². The van der Waals surface area contributed by atoms with Crippen molar-refractivity contribution in [1.29, 1.82) is 0 Å². The van der Waals surface area contributed by atoms with Crippen LogP contribution < -0.4 is 4.90 Å². The highest BCUT2D eigenvalue weighted by atomic mass is 19.1. The summed E-state index contributed by atoms with van der Waals surface area (Å²) in [7, 11) is 0. The van der Waals surface area contributed by atoms with Crippen LogP contribution in [0.4, 0.5) is 19.3 Å². The number of cyclic esters (lactones) is 1. The summed E-state index contributed by atoms with van der Waals surface area (Å²) < 4.78 is 34.0. The zero-order chi connectivity index (χ0) is 20.0. The van der Waals surface area contributed by atoms with Gasteiger partial charge in [-0.2, -0.15) is 4.80 Å². The Hall–Kier alpha value is -3.89. The fraction of sp³-hybridized carbons (Fsp3) is 0.167. The van der Waals surface area contributed by atoms with Crippen LogP contribution in [0.25, 0.3) is 17.0 Å². The minimum atomic E-state index is -0.770. The largest absolute Gasteiger partial charge is 0.442 e. The third-order valence-electron chi connectivity index (χ3n) is 4.50. The van der Waals surface area contributed by atoms with Gasteiger partial charge in [-0.3, -0.25) is 4.90 Å². The van der Waals surface area contributed by atoms with Crippen molar-refractivity contribution in [2.45, 2.75) is 12.6 Å². The van der Waals surface area contributed by atoms with Crippen LogP contribution in [0.3, 0.4) is 0 Å². The molecule has 0 radical (unpaired) electrons. The number of amides is 1. The average molecular weight is 397 g/mol. The number of carbonyl (C=O) groups is 1. The summed E-state index contributed by atoms with van der Waals surface area (Å²) in [5.74, 6) is -1.13. The molecule has 1 unspecified atom stereocenters. The Kier molecular flexibility index (Phi) is 3.93. The Labute approximate surface area is 162 Å². The molecule has 4 aromatic rings. The molecule has 0 bridgehead atoms. The van der Waals surface area contributed by atoms with Crippen molar-refractivity contribution in [2.24, 2.45) is 0 Å². The molecule has 1 saturated heterocycles. The predicted octanol–water partition coefficient (Wildman–Crippen LogP) is 2.29. The van der Waals surface area contributed by atoms with Crippen LogP contribution >= 0.6 is 0 Å². The molecular weight excluding hydrogens is 384 g/mol. The number of rotatable bonds is 4. The van der Waals surface area contributed by atoms with Crippen LogP contribution in [0.5, 0.6) is 0 Å². The summed E-state index contributed by atoms with van der Waals surface area (Å²) >= 11 is 0. The molecule has 5 rings (SSSR count). The van der Waals surface area contributed by atoms with E-state index in [4.69, 9.17) is 4.74 Å². The number of hydrogen-bond acceptors (Lipinski definition) is 6. The molecule has 9 nitrogen and oxygen atoms in total. The fourth-order valence-electron chi connectivity index (χ4n) is 3.19. The van der Waals surface area contributed by atoms with Gasteiger partial charge in [0.2, 0.25) is 5.82 Å². The number of imidazole rings is 1. The fourth-order valence-corrected chi connectivity index (χ4v) is 3.19. The van der Waals surface area contributed by atoms with E-state index < -0.39 is 23.8 Å². The van der Waals surface area contributed by atoms with Gasteiger partial charge in [-0.15, -0.1) is 10.2 Å². The Balaban J connectivity index is 1.31. The molecule has 1 aromatic carbocycles. The number of benzene rings is 1. The first kappa shape index (κ1) is 17.2. The van der Waals surface area contributed by atoms with Crippen molar-refractivity contribution >= 4 is 17.4 Å². The number of halogens is 2. The van der Waals surface area contributed by atoms with Gasteiger partial charge < -0.3 is 9.14 Å². The van der Waals surface area contributed by atoms with Gasteiger partial charge >= 0.3 is 6.09 Å². The minimum Gasteiger partial charge on any atom is -0.442 e. The average Bonchev–Trinajstić information content (AvgIpc) is 3.40. The van der Waals surface area contributed by atoms with Crippen molar-refractivity contribution < 1.29 is 18.3 Å². The van der Waals surface area contributed by atoms with Crippen molar-refractivity contribution in [3.05, 3.63) is 60.6 Å². The summed E-state index contributed by atoms with van der Waals surface area (Å²) in [5, 5.41) is 12.3. The zero-order valence-electron chi connectivity index (χ0n) is 14.8. The highest BCUT2D eigenvalue weighted by Gasteiger charge is 2.33. The van der Waals surface area contributed by atoms with Crippen LogP contribution in [-0.4, -0.2) is 48.3 Å². The molecule has 1 atom stereocenters. The standard InChI is InChI=1S/C18H13F2N7O2/c19-12-5-13(20)7-14(6-12)26-9-15(29-18(26)28)10-27-23-17(22-24-27)11-1-2-16-21-3-4-25(16)8-11/h1-8,15H,9-10H2. The number of pyridine rings is 1. The first-order valence-corrected chi connectivity index (χ1v) is 8.70. The normalized spacial score (nSPS) is 16.6. The Morgan fingerprint density at radius 1 is 1.17 bits per heavy atom. The Morgan fingerprint density at radius 2 is 2.00 bits per heavy atom. The monoisotopic (exact) mass is 397 g/mol. The van der Waals surface area contributed by atoms with Crippen LogP contribution in [0.1, 0.15) is 0 Å². The number of tetrazole rings is 1. The van der Waals surface area contributed by atoms with E-state index in [9.17, 15) is 13.6 Å². The van der Waals surface area contributed by atoms with E-state index >= 15 is 0 Å². The third-order valence-corrected chi connectivity index (χ3v) is 4.50. The number of fused-ring (bicyclic) bond motifs is 1. The van der Waals surface area contributed by atoms with Gasteiger partial charge in [0.1, 0.15) is 29.9 Å². The van der Waals surface area contributed by atoms with Crippen molar-refractivity contribution in [3.63, 3.8) is 0 Å². The van der Waals surface area contributed by atoms with Crippen molar-refractivity contribution in [1.82, 2.24) is 29.6 Å². The highest BCUT2D eigenvalue weighted by molar-refractivity contribution is 5.89. The second-order valence-electron chi connectivity index (χ2n) is 6.52. The van der Waals surface area contributed by atoms with Gasteiger partial charge in [0, 0.05) is 30.2 Å². The second kappa shape index (κ2) is 6.62. The van der Waals surface area contributed by atoms with Crippen LogP contribution in [0.15, 0.2) is 48.9 Å². The maximum absolute atomic E-state index is 13.4. The quantitative estimate of drug-likeness (QED) is 0.525. The summed E-state index contributed by atoms with van der Waals surface area (Å²) in [4.78, 5) is 18.8. The van der Waals surface area contributed by atoms with Crippen LogP contribution in [0, 0.1) is 11.6 Å². The Bertz CT molecular complexity index is 1200. The summed E-state index contributed by atoms with van der Waals surface area (Å²) in [5.41, 5.74) is 1.64. The number of ether oxygens (including phenoxy) is 1. The van der Waals surface area contributed by atoms with Gasteiger partial charge in [-0.25, -0.2) is 18.6 Å². The molecule has 1 aliphatic rings. The molecule has 4 heterocycles. The number of nitrogens with zero attached hydrogens (tertiary/aromatic N) is 7. The van der Waals surface area contributed by atoms with E-state index in [1.807, 2.05) is 28.9 Å². The lowest BCUT2D eigenvalue weighted by atomic mass is 10.2. The molecule has 1 aliphatic heterocycles. The first-order chi connectivity index (χ1) is 14.0. The van der Waals surface area contributed by atoms with E-state index in [-0.39, 0.29) is 18.8 Å². The smallest absolute Gasteiger partial charge is 0.414 e.